The van der Waals surface area contributed by atoms with E-state index in [0.717, 1.165) is 30.4 Å². The van der Waals surface area contributed by atoms with Gasteiger partial charge in [0.15, 0.2) is 0 Å². The van der Waals surface area contributed by atoms with Crippen LogP contribution in [0.2, 0.25) is 0 Å². The average molecular weight is 412 g/mol. The Morgan fingerprint density at radius 3 is 2.43 bits per heavy atom. The number of nitrogens with one attached hydrogen (secondary N) is 1. The molecule has 160 valence electrons. The Bertz CT molecular complexity index is 833. The van der Waals surface area contributed by atoms with Crippen molar-refractivity contribution in [3.05, 3.63) is 65.2 Å². The highest BCUT2D eigenvalue weighted by atomic mass is 16.5. The van der Waals surface area contributed by atoms with Gasteiger partial charge in [-0.2, -0.15) is 5.10 Å². The van der Waals surface area contributed by atoms with E-state index in [4.69, 9.17) is 10.6 Å². The number of nitrogens with two attached hydrogens (primary N) is 1. The van der Waals surface area contributed by atoms with Gasteiger partial charge in [0.2, 0.25) is 5.91 Å². The summed E-state index contributed by atoms with van der Waals surface area (Å²) in [5, 5.41) is 15.5. The molecule has 1 atom stereocenters. The van der Waals surface area contributed by atoms with Crippen molar-refractivity contribution in [2.45, 2.75) is 45.1 Å². The van der Waals surface area contributed by atoms with E-state index in [9.17, 15) is 14.7 Å². The van der Waals surface area contributed by atoms with Gasteiger partial charge in [-0.05, 0) is 55.0 Å². The van der Waals surface area contributed by atoms with E-state index in [2.05, 4.69) is 10.4 Å². The number of carboxylic acids is 1. The number of ether oxygens (including phenoxy) is 1. The number of unbranched alkanes of at least 4 members (excludes halogenated alkanes) is 1. The van der Waals surface area contributed by atoms with Gasteiger partial charge in [0.25, 0.3) is 0 Å². The Hall–Kier alpha value is -3.35. The van der Waals surface area contributed by atoms with Crippen LogP contribution in [0.3, 0.4) is 0 Å². The fraction of sp³-hybridized carbons (Fsp3) is 0.348. The summed E-state index contributed by atoms with van der Waals surface area (Å²) in [7, 11) is 0. The molecule has 0 aliphatic carbocycles. The minimum Gasteiger partial charge on any atom is -0.494 e. The van der Waals surface area contributed by atoms with E-state index in [-0.39, 0.29) is 12.3 Å². The van der Waals surface area contributed by atoms with Crippen LogP contribution in [0.15, 0.2) is 53.6 Å². The molecule has 2 aromatic carbocycles. The molecular formula is C23H29N3O4. The Morgan fingerprint density at radius 2 is 1.83 bits per heavy atom. The van der Waals surface area contributed by atoms with Crippen LogP contribution >= 0.6 is 0 Å². The molecule has 0 spiro atoms. The zero-order valence-corrected chi connectivity index (χ0v) is 17.2. The lowest BCUT2D eigenvalue weighted by Crippen LogP contribution is -2.30. The lowest BCUT2D eigenvalue weighted by molar-refractivity contribution is -0.137. The second-order valence-corrected chi connectivity index (χ2v) is 6.95. The summed E-state index contributed by atoms with van der Waals surface area (Å²) in [4.78, 5) is 23.6. The van der Waals surface area contributed by atoms with Gasteiger partial charge >= 0.3 is 5.97 Å². The van der Waals surface area contributed by atoms with Gasteiger partial charge in [0.1, 0.15) is 5.75 Å². The molecular weight excluding hydrogens is 382 g/mol. The Balaban J connectivity index is 1.82. The van der Waals surface area contributed by atoms with Crippen LogP contribution in [-0.2, 0) is 16.0 Å². The first-order chi connectivity index (χ1) is 14.5. The number of aryl methyl sites for hydroxylation is 1. The summed E-state index contributed by atoms with van der Waals surface area (Å²) >= 11 is 0. The standard InChI is InChI=1S/C23H29N3O4/c1-2-30-20-13-11-19(12-14-20)21(15-23(28)29)26-22(27)6-4-3-5-17-7-9-18(10-8-17)16-25-24/h7-14,16,21H,2-6,15,24H2,1H3,(H,26,27)(H,28,29). The van der Waals surface area contributed by atoms with Gasteiger partial charge in [-0.15, -0.1) is 0 Å². The van der Waals surface area contributed by atoms with E-state index >= 15 is 0 Å². The van der Waals surface area contributed by atoms with Crippen LogP contribution in [0.1, 0.15) is 55.3 Å². The molecule has 0 aliphatic rings. The van der Waals surface area contributed by atoms with Crippen LogP contribution < -0.4 is 15.9 Å². The smallest absolute Gasteiger partial charge is 0.305 e. The molecule has 0 saturated heterocycles. The second-order valence-electron chi connectivity index (χ2n) is 6.95. The van der Waals surface area contributed by atoms with Crippen molar-refractivity contribution in [1.82, 2.24) is 5.32 Å². The van der Waals surface area contributed by atoms with E-state index in [1.54, 1.807) is 30.5 Å². The number of hydrazone groups is 1. The van der Waals surface area contributed by atoms with Gasteiger partial charge in [-0.3, -0.25) is 9.59 Å². The van der Waals surface area contributed by atoms with E-state index < -0.39 is 12.0 Å². The third kappa shape index (κ3) is 7.95. The number of aliphatic carboxylic acids is 1. The van der Waals surface area contributed by atoms with Crippen LogP contribution in [0.4, 0.5) is 0 Å². The van der Waals surface area contributed by atoms with Gasteiger partial charge in [0.05, 0.1) is 25.3 Å². The highest BCUT2D eigenvalue weighted by molar-refractivity contribution is 5.79. The molecule has 0 bridgehead atoms. The molecule has 2 rings (SSSR count). The highest BCUT2D eigenvalue weighted by Crippen LogP contribution is 2.21. The summed E-state index contributed by atoms with van der Waals surface area (Å²) in [6, 6.07) is 14.5. The Kier molecular flexibility index (Phi) is 9.37. The summed E-state index contributed by atoms with van der Waals surface area (Å²) in [6.07, 6.45) is 4.23. The van der Waals surface area contributed by atoms with Crippen LogP contribution in [-0.4, -0.2) is 29.8 Å². The second kappa shape index (κ2) is 12.3. The van der Waals surface area contributed by atoms with Crippen LogP contribution in [0, 0.1) is 0 Å². The third-order valence-corrected chi connectivity index (χ3v) is 4.63. The summed E-state index contributed by atoms with van der Waals surface area (Å²) in [5.41, 5.74) is 2.87. The van der Waals surface area contributed by atoms with Crippen LogP contribution in [0.5, 0.6) is 5.75 Å². The summed E-state index contributed by atoms with van der Waals surface area (Å²) < 4.78 is 5.41. The minimum atomic E-state index is -0.961. The maximum absolute atomic E-state index is 12.4. The molecule has 0 aliphatic heterocycles. The molecule has 0 aromatic heterocycles. The predicted octanol–water partition coefficient (Wildman–Crippen LogP) is 3.42. The maximum Gasteiger partial charge on any atom is 0.305 e. The Morgan fingerprint density at radius 1 is 1.13 bits per heavy atom. The molecule has 7 nitrogen and oxygen atoms in total. The predicted molar refractivity (Wildman–Crippen MR) is 117 cm³/mol. The molecule has 30 heavy (non-hydrogen) atoms. The largest absolute Gasteiger partial charge is 0.494 e. The zero-order valence-electron chi connectivity index (χ0n) is 17.2. The molecule has 1 amide bonds. The van der Waals surface area contributed by atoms with Crippen molar-refractivity contribution in [2.75, 3.05) is 6.61 Å². The number of amides is 1. The van der Waals surface area contributed by atoms with E-state index in [1.807, 2.05) is 31.2 Å². The monoisotopic (exact) mass is 411 g/mol. The minimum absolute atomic E-state index is 0.148. The quantitative estimate of drug-likeness (QED) is 0.214. The van der Waals surface area contributed by atoms with Crippen LogP contribution in [0.25, 0.3) is 0 Å². The number of rotatable bonds is 12. The number of carboxylic acid groups (broad SMARTS) is 1. The van der Waals surface area contributed by atoms with Gasteiger partial charge in [-0.25, -0.2) is 0 Å². The third-order valence-electron chi connectivity index (χ3n) is 4.63. The summed E-state index contributed by atoms with van der Waals surface area (Å²) in [5.74, 6) is 4.74. The van der Waals surface area contributed by atoms with Crippen molar-refractivity contribution >= 4 is 18.1 Å². The molecule has 0 radical (unpaired) electrons. The lowest BCUT2D eigenvalue weighted by atomic mass is 10.0. The summed E-state index contributed by atoms with van der Waals surface area (Å²) in [6.45, 7) is 2.45. The zero-order chi connectivity index (χ0) is 21.8. The number of hydrogen-bond donors (Lipinski definition) is 3. The molecule has 2 aromatic rings. The highest BCUT2D eigenvalue weighted by Gasteiger charge is 2.18. The molecule has 1 unspecified atom stereocenters. The fourth-order valence-corrected chi connectivity index (χ4v) is 3.13. The van der Waals surface area contributed by atoms with E-state index in [1.165, 1.54) is 5.56 Å². The van der Waals surface area contributed by atoms with Crippen molar-refractivity contribution in [3.8, 4) is 5.75 Å². The molecule has 0 heterocycles. The number of carbonyl (C=O) groups is 2. The first-order valence-electron chi connectivity index (χ1n) is 10.1. The van der Waals surface area contributed by atoms with Crippen molar-refractivity contribution in [2.24, 2.45) is 10.9 Å². The molecule has 4 N–H and O–H groups in total. The van der Waals surface area contributed by atoms with E-state index in [0.29, 0.717) is 18.8 Å². The lowest BCUT2D eigenvalue weighted by Gasteiger charge is -2.18. The first kappa shape index (κ1) is 22.9. The Labute approximate surface area is 176 Å². The topological polar surface area (TPSA) is 114 Å². The maximum atomic E-state index is 12.4. The van der Waals surface area contributed by atoms with Crippen molar-refractivity contribution in [3.63, 3.8) is 0 Å². The molecule has 0 fully saturated rings. The van der Waals surface area contributed by atoms with Gasteiger partial charge in [-0.1, -0.05) is 36.4 Å². The van der Waals surface area contributed by atoms with Gasteiger partial charge in [0, 0.05) is 6.42 Å². The van der Waals surface area contributed by atoms with Gasteiger partial charge < -0.3 is 21.0 Å². The average Bonchev–Trinajstić information content (AvgIpc) is 2.73. The van der Waals surface area contributed by atoms with Crippen molar-refractivity contribution in [1.29, 1.82) is 0 Å². The first-order valence-corrected chi connectivity index (χ1v) is 10.1. The number of hydrogen-bond acceptors (Lipinski definition) is 5. The number of benzene rings is 2. The molecule has 7 heteroatoms. The number of nitrogens with zero attached hydrogens (tertiary/aromatic N) is 1. The number of carbonyl (C=O) groups excluding carboxylic acids is 1. The fourth-order valence-electron chi connectivity index (χ4n) is 3.13. The van der Waals surface area contributed by atoms with Crippen molar-refractivity contribution < 1.29 is 19.4 Å². The molecule has 0 saturated carbocycles. The normalized spacial score (nSPS) is 11.9. The SMILES string of the molecule is CCOc1ccc(C(CC(=O)O)NC(=O)CCCCc2ccc(C=NN)cc2)cc1.